The molecule has 0 fully saturated rings. The summed E-state index contributed by atoms with van der Waals surface area (Å²) in [6.45, 7) is 6.41. The highest BCUT2D eigenvalue weighted by Gasteiger charge is 2.19. The van der Waals surface area contributed by atoms with Crippen molar-refractivity contribution in [1.82, 2.24) is 0 Å². The monoisotopic (exact) mass is 1100 g/mol. The van der Waals surface area contributed by atoms with Gasteiger partial charge in [-0.15, -0.1) is 0 Å². The molecule has 0 saturated carbocycles. The average molecular weight is 1100 g/mol. The first-order valence-electron chi connectivity index (χ1n) is 33.4. The Bertz CT molecular complexity index is 1590. The smallest absolute Gasteiger partial charge is 0.306 e. The molecule has 0 heterocycles. The second kappa shape index (κ2) is 66.6. The van der Waals surface area contributed by atoms with E-state index in [0.29, 0.717) is 19.3 Å². The van der Waals surface area contributed by atoms with E-state index in [1.807, 2.05) is 0 Å². The molecule has 0 spiro atoms. The standard InChI is InChI=1S/C73H124O6/c1-4-7-10-13-16-19-22-25-26-27-28-29-30-31-32-33-34-35-36-37-38-39-40-41-42-43-44-45-46-49-51-54-57-60-63-66-72(75)78-69-70(79-73(76)67-64-61-58-55-52-48-24-21-18-15-12-9-6-3)68-77-71(74)65-62-59-56-53-50-47-23-20-17-14-11-8-5-2/h7,9-10,12,16,18-19,21,25-26,28-29,31-32,34-35,48,52,70H,4-6,8,11,13-15,17,20,22-24,27,30,33,36-47,49-51,53-69H2,1-3H3/b10-7-,12-9-,19-16-,21-18-,26-25-,29-28-,32-31-,35-34-,52-48-. The van der Waals surface area contributed by atoms with E-state index in [1.165, 1.54) is 154 Å². The van der Waals surface area contributed by atoms with Gasteiger partial charge in [-0.2, -0.15) is 0 Å². The van der Waals surface area contributed by atoms with Crippen LogP contribution in [0, 0.1) is 0 Å². The highest BCUT2D eigenvalue weighted by Crippen LogP contribution is 2.17. The van der Waals surface area contributed by atoms with Crippen molar-refractivity contribution in [2.24, 2.45) is 0 Å². The van der Waals surface area contributed by atoms with E-state index in [-0.39, 0.29) is 31.1 Å². The number of rotatable bonds is 60. The van der Waals surface area contributed by atoms with Crippen LogP contribution in [0.15, 0.2) is 109 Å². The number of ether oxygens (including phenoxy) is 3. The molecule has 0 aliphatic rings. The first-order valence-corrected chi connectivity index (χ1v) is 33.4. The van der Waals surface area contributed by atoms with Crippen molar-refractivity contribution in [3.63, 3.8) is 0 Å². The van der Waals surface area contributed by atoms with Gasteiger partial charge < -0.3 is 14.2 Å². The molecule has 0 aliphatic carbocycles. The lowest BCUT2D eigenvalue weighted by Gasteiger charge is -2.18. The van der Waals surface area contributed by atoms with Crippen molar-refractivity contribution in [3.05, 3.63) is 109 Å². The number of allylic oxidation sites excluding steroid dienone is 18. The first-order chi connectivity index (χ1) is 39.0. The third-order valence-electron chi connectivity index (χ3n) is 14.3. The minimum absolute atomic E-state index is 0.0856. The second-order valence-corrected chi connectivity index (χ2v) is 22.0. The molecule has 6 nitrogen and oxygen atoms in total. The minimum Gasteiger partial charge on any atom is -0.462 e. The van der Waals surface area contributed by atoms with E-state index in [0.717, 1.165) is 122 Å². The van der Waals surface area contributed by atoms with Gasteiger partial charge in [0.15, 0.2) is 6.10 Å². The topological polar surface area (TPSA) is 78.9 Å². The Balaban J connectivity index is 4.12. The lowest BCUT2D eigenvalue weighted by Crippen LogP contribution is -2.30. The van der Waals surface area contributed by atoms with E-state index in [9.17, 15) is 14.4 Å². The van der Waals surface area contributed by atoms with Crippen molar-refractivity contribution >= 4 is 17.9 Å². The molecule has 0 rings (SSSR count). The van der Waals surface area contributed by atoms with E-state index in [2.05, 4.69) is 130 Å². The molecule has 6 heteroatoms. The van der Waals surface area contributed by atoms with Gasteiger partial charge in [0, 0.05) is 19.3 Å². The third kappa shape index (κ3) is 64.8. The molecule has 0 aliphatic heterocycles. The Morgan fingerprint density at radius 2 is 0.494 bits per heavy atom. The lowest BCUT2D eigenvalue weighted by molar-refractivity contribution is -0.167. The average Bonchev–Trinajstić information content (AvgIpc) is 3.45. The van der Waals surface area contributed by atoms with Crippen molar-refractivity contribution in [2.45, 2.75) is 322 Å². The third-order valence-corrected chi connectivity index (χ3v) is 14.3. The summed E-state index contributed by atoms with van der Waals surface area (Å²) < 4.78 is 16.9. The lowest BCUT2D eigenvalue weighted by atomic mass is 10.0. The van der Waals surface area contributed by atoms with Crippen LogP contribution < -0.4 is 0 Å². The normalized spacial score (nSPS) is 12.8. The van der Waals surface area contributed by atoms with Crippen LogP contribution in [-0.2, 0) is 28.6 Å². The van der Waals surface area contributed by atoms with Crippen molar-refractivity contribution in [1.29, 1.82) is 0 Å². The van der Waals surface area contributed by atoms with Crippen molar-refractivity contribution in [3.8, 4) is 0 Å². The Labute approximate surface area is 489 Å². The van der Waals surface area contributed by atoms with Gasteiger partial charge in [-0.3, -0.25) is 14.4 Å². The second-order valence-electron chi connectivity index (χ2n) is 22.0. The maximum absolute atomic E-state index is 12.8. The minimum atomic E-state index is -0.791. The Morgan fingerprint density at radius 1 is 0.266 bits per heavy atom. The van der Waals surface area contributed by atoms with Crippen LogP contribution in [0.2, 0.25) is 0 Å². The van der Waals surface area contributed by atoms with Crippen molar-refractivity contribution < 1.29 is 28.6 Å². The first kappa shape index (κ1) is 75.1. The molecule has 1 unspecified atom stereocenters. The Kier molecular flexibility index (Phi) is 63.3. The zero-order chi connectivity index (χ0) is 57.1. The summed E-state index contributed by atoms with van der Waals surface area (Å²) >= 11 is 0. The van der Waals surface area contributed by atoms with E-state index >= 15 is 0 Å². The molecular weight excluding hydrogens is 973 g/mol. The fourth-order valence-electron chi connectivity index (χ4n) is 9.35. The predicted molar refractivity (Wildman–Crippen MR) is 343 cm³/mol. The van der Waals surface area contributed by atoms with Crippen LogP contribution in [0.1, 0.15) is 316 Å². The van der Waals surface area contributed by atoms with Gasteiger partial charge in [0.25, 0.3) is 0 Å². The van der Waals surface area contributed by atoms with Crippen LogP contribution in [0.3, 0.4) is 0 Å². The van der Waals surface area contributed by atoms with Gasteiger partial charge in [-0.05, 0) is 103 Å². The molecule has 0 aromatic heterocycles. The number of hydrogen-bond acceptors (Lipinski definition) is 6. The largest absolute Gasteiger partial charge is 0.462 e. The number of carbonyl (C=O) groups excluding carboxylic acids is 3. The number of unbranched alkanes of at least 4 members (excludes halogenated alkanes) is 31. The maximum Gasteiger partial charge on any atom is 0.306 e. The maximum atomic E-state index is 12.8. The Hall–Kier alpha value is -3.93. The number of carbonyl (C=O) groups is 3. The van der Waals surface area contributed by atoms with Gasteiger partial charge in [-0.25, -0.2) is 0 Å². The van der Waals surface area contributed by atoms with E-state index in [1.54, 1.807) is 0 Å². The molecule has 1 atom stereocenters. The van der Waals surface area contributed by atoms with Gasteiger partial charge in [-0.1, -0.05) is 304 Å². The summed E-state index contributed by atoms with van der Waals surface area (Å²) in [5.74, 6) is -0.905. The van der Waals surface area contributed by atoms with Gasteiger partial charge in [0.1, 0.15) is 13.2 Å². The molecule has 0 amide bonds. The van der Waals surface area contributed by atoms with Crippen molar-refractivity contribution in [2.75, 3.05) is 13.2 Å². The summed E-state index contributed by atoms with van der Waals surface area (Å²) in [6, 6.07) is 0. The van der Waals surface area contributed by atoms with Crippen LogP contribution in [0.4, 0.5) is 0 Å². The zero-order valence-electron chi connectivity index (χ0n) is 51.9. The quantitative estimate of drug-likeness (QED) is 0.0261. The highest BCUT2D eigenvalue weighted by molar-refractivity contribution is 5.71. The molecule has 0 aromatic rings. The summed E-state index contributed by atoms with van der Waals surface area (Å²) in [5.41, 5.74) is 0. The molecule has 0 radical (unpaired) electrons. The molecule has 0 N–H and O–H groups in total. The van der Waals surface area contributed by atoms with Gasteiger partial charge in [0.2, 0.25) is 0 Å². The van der Waals surface area contributed by atoms with Crippen LogP contribution in [-0.4, -0.2) is 37.2 Å². The molecule has 0 aromatic carbocycles. The summed E-state index contributed by atoms with van der Waals surface area (Å²) in [5, 5.41) is 0. The fourth-order valence-corrected chi connectivity index (χ4v) is 9.35. The summed E-state index contributed by atoms with van der Waals surface area (Å²) in [7, 11) is 0. The fraction of sp³-hybridized carbons (Fsp3) is 0.712. The van der Waals surface area contributed by atoms with Gasteiger partial charge >= 0.3 is 17.9 Å². The predicted octanol–water partition coefficient (Wildman–Crippen LogP) is 23.0. The summed E-state index contributed by atoms with van der Waals surface area (Å²) in [4.78, 5) is 38.2. The summed E-state index contributed by atoms with van der Waals surface area (Å²) in [6.07, 6.45) is 91.2. The molecular formula is C73H124O6. The molecule has 0 bridgehead atoms. The number of esters is 3. The van der Waals surface area contributed by atoms with E-state index < -0.39 is 6.10 Å². The number of hydrogen-bond donors (Lipinski definition) is 0. The molecule has 79 heavy (non-hydrogen) atoms. The van der Waals surface area contributed by atoms with Crippen LogP contribution >= 0.6 is 0 Å². The highest BCUT2D eigenvalue weighted by atomic mass is 16.6. The van der Waals surface area contributed by atoms with Crippen LogP contribution in [0.5, 0.6) is 0 Å². The van der Waals surface area contributed by atoms with Gasteiger partial charge in [0.05, 0.1) is 0 Å². The van der Waals surface area contributed by atoms with Crippen LogP contribution in [0.25, 0.3) is 0 Å². The SMILES string of the molecule is CC/C=C\C/C=C\C/C=C\C/C=C\C/C=C\C/C=C\CCCCCCCCCCCCCCCCCCC(=O)OCC(COC(=O)CCCCCCCCCCCCCCC)OC(=O)CCCCC/C=C\C/C=C\C/C=C\CC. The zero-order valence-corrected chi connectivity index (χ0v) is 51.9. The Morgan fingerprint density at radius 3 is 0.785 bits per heavy atom. The van der Waals surface area contributed by atoms with E-state index in [4.69, 9.17) is 14.2 Å². The molecule has 452 valence electrons. The molecule has 0 saturated heterocycles.